The van der Waals surface area contributed by atoms with E-state index in [4.69, 9.17) is 19.4 Å². The molecule has 2 heterocycles. The Balaban J connectivity index is 0.963. The highest BCUT2D eigenvalue weighted by Crippen LogP contribution is 2.56. The van der Waals surface area contributed by atoms with Crippen LogP contribution in [0.3, 0.4) is 0 Å². The first-order chi connectivity index (χ1) is 29.0. The fraction of sp³-hybridized carbons (Fsp3) is 0.0727. The van der Waals surface area contributed by atoms with Gasteiger partial charge in [-0.2, -0.15) is 0 Å². The van der Waals surface area contributed by atoms with Gasteiger partial charge in [0.25, 0.3) is 0 Å². The smallest absolute Gasteiger partial charge is 0.164 e. The van der Waals surface area contributed by atoms with Gasteiger partial charge in [0.15, 0.2) is 17.5 Å². The van der Waals surface area contributed by atoms with Crippen LogP contribution in [0.2, 0.25) is 0 Å². The fourth-order valence-electron chi connectivity index (χ4n) is 9.69. The SMILES string of the molecule is CC1(C)c2ccccc2-c2cc3c(cc21)C(c1ccc2c(c1)oc1cc(-c4nc(-c5ccccc5)nc(-c5cccc(-c6ccccc6)c5)n4)ccc12)c1ccccc1-3. The number of nitrogens with zero attached hydrogens (tertiary/aromatic N) is 3. The first-order valence-corrected chi connectivity index (χ1v) is 20.3. The van der Waals surface area contributed by atoms with Gasteiger partial charge in [0.1, 0.15) is 11.2 Å². The van der Waals surface area contributed by atoms with Crippen LogP contribution in [-0.2, 0) is 5.41 Å². The third-order valence-corrected chi connectivity index (χ3v) is 12.6. The quantitative estimate of drug-likeness (QED) is 0.176. The van der Waals surface area contributed by atoms with Crippen molar-refractivity contribution in [2.45, 2.75) is 25.2 Å². The normalized spacial score (nSPS) is 14.6. The Morgan fingerprint density at radius 2 is 0.983 bits per heavy atom. The van der Waals surface area contributed by atoms with E-state index in [-0.39, 0.29) is 11.3 Å². The average Bonchev–Trinajstić information content (AvgIpc) is 3.90. The van der Waals surface area contributed by atoms with Crippen LogP contribution in [0.25, 0.3) is 89.5 Å². The molecule has 4 heteroatoms. The molecule has 0 saturated carbocycles. The van der Waals surface area contributed by atoms with Crippen LogP contribution >= 0.6 is 0 Å². The van der Waals surface area contributed by atoms with Crippen LogP contribution in [-0.4, -0.2) is 15.0 Å². The molecule has 0 saturated heterocycles. The second-order valence-electron chi connectivity index (χ2n) is 16.4. The minimum Gasteiger partial charge on any atom is -0.456 e. The molecule has 278 valence electrons. The van der Waals surface area contributed by atoms with Crippen LogP contribution in [0.1, 0.15) is 47.6 Å². The minimum absolute atomic E-state index is 0.0754. The maximum Gasteiger partial charge on any atom is 0.164 e. The summed E-state index contributed by atoms with van der Waals surface area (Å²) in [6.45, 7) is 4.72. The average molecular weight is 756 g/mol. The summed E-state index contributed by atoms with van der Waals surface area (Å²) >= 11 is 0. The van der Waals surface area contributed by atoms with E-state index in [1.165, 1.54) is 50.1 Å². The van der Waals surface area contributed by atoms with Crippen molar-refractivity contribution < 1.29 is 4.42 Å². The lowest BCUT2D eigenvalue weighted by Gasteiger charge is -2.23. The van der Waals surface area contributed by atoms with Crippen LogP contribution in [0, 0.1) is 0 Å². The molecule has 2 aliphatic carbocycles. The lowest BCUT2D eigenvalue weighted by Crippen LogP contribution is -2.15. The summed E-state index contributed by atoms with van der Waals surface area (Å²) in [6.07, 6.45) is 0. The summed E-state index contributed by atoms with van der Waals surface area (Å²) in [6, 6.07) is 64.8. The van der Waals surface area contributed by atoms with Gasteiger partial charge in [0, 0.05) is 38.8 Å². The van der Waals surface area contributed by atoms with Crippen LogP contribution in [0.4, 0.5) is 0 Å². The molecule has 0 bridgehead atoms. The highest BCUT2D eigenvalue weighted by molar-refractivity contribution is 6.06. The predicted octanol–water partition coefficient (Wildman–Crippen LogP) is 13.9. The van der Waals surface area contributed by atoms with Gasteiger partial charge in [0.2, 0.25) is 0 Å². The molecule has 4 nitrogen and oxygen atoms in total. The number of hydrogen-bond donors (Lipinski definition) is 0. The standard InChI is InChI=1S/C55H37N3O/c1-55(2)47-23-12-11-21-40(47)45-31-44-39-20-9-10-22-43(39)51(46(44)32-48(45)55)36-24-26-41-42-27-25-38(30-50(42)59-49(41)29-36)54-57-52(34-16-7-4-8-17-34)56-53(58-54)37-19-13-18-35(28-37)33-14-5-3-6-15-33/h3-32,51H,1-2H3. The maximum atomic E-state index is 6.76. The van der Waals surface area contributed by atoms with Gasteiger partial charge in [-0.3, -0.25) is 0 Å². The summed E-state index contributed by atoms with van der Waals surface area (Å²) in [5.41, 5.74) is 18.6. The molecule has 0 spiro atoms. The first kappa shape index (κ1) is 33.7. The maximum absolute atomic E-state index is 6.76. The van der Waals surface area contributed by atoms with Gasteiger partial charge < -0.3 is 4.42 Å². The molecule has 10 aromatic rings. The van der Waals surface area contributed by atoms with Crippen LogP contribution in [0.15, 0.2) is 186 Å². The summed E-state index contributed by atoms with van der Waals surface area (Å²) in [5.74, 6) is 1.94. The molecular formula is C55H37N3O. The third-order valence-electron chi connectivity index (χ3n) is 12.6. The molecule has 0 radical (unpaired) electrons. The van der Waals surface area contributed by atoms with Crippen molar-refractivity contribution in [3.63, 3.8) is 0 Å². The highest BCUT2D eigenvalue weighted by atomic mass is 16.3. The number of benzene rings is 8. The van der Waals surface area contributed by atoms with Crippen molar-refractivity contribution in [1.82, 2.24) is 15.0 Å². The molecule has 2 aromatic heterocycles. The van der Waals surface area contributed by atoms with E-state index in [0.717, 1.165) is 49.8 Å². The van der Waals surface area contributed by atoms with E-state index in [2.05, 4.69) is 159 Å². The monoisotopic (exact) mass is 755 g/mol. The second kappa shape index (κ2) is 12.8. The summed E-state index contributed by atoms with van der Waals surface area (Å²) < 4.78 is 6.76. The van der Waals surface area contributed by atoms with Crippen molar-refractivity contribution in [2.24, 2.45) is 0 Å². The van der Waals surface area contributed by atoms with Crippen molar-refractivity contribution in [1.29, 1.82) is 0 Å². The molecular weight excluding hydrogens is 719 g/mol. The zero-order valence-electron chi connectivity index (χ0n) is 32.6. The zero-order chi connectivity index (χ0) is 39.2. The Morgan fingerprint density at radius 3 is 1.76 bits per heavy atom. The minimum atomic E-state index is -0.0754. The van der Waals surface area contributed by atoms with Gasteiger partial charge in [-0.1, -0.05) is 166 Å². The number of furan rings is 1. The highest BCUT2D eigenvalue weighted by Gasteiger charge is 2.39. The molecule has 1 unspecified atom stereocenters. The first-order valence-electron chi connectivity index (χ1n) is 20.3. The van der Waals surface area contributed by atoms with Crippen LogP contribution < -0.4 is 0 Å². The molecule has 12 rings (SSSR count). The lowest BCUT2D eigenvalue weighted by atomic mass is 9.80. The van der Waals surface area contributed by atoms with Crippen LogP contribution in [0.5, 0.6) is 0 Å². The Kier molecular flexibility index (Phi) is 7.30. The molecule has 0 aliphatic heterocycles. The largest absolute Gasteiger partial charge is 0.456 e. The molecule has 59 heavy (non-hydrogen) atoms. The topological polar surface area (TPSA) is 51.8 Å². The van der Waals surface area contributed by atoms with E-state index in [1.807, 2.05) is 36.4 Å². The van der Waals surface area contributed by atoms with E-state index >= 15 is 0 Å². The molecule has 1 atom stereocenters. The van der Waals surface area contributed by atoms with Gasteiger partial charge in [0.05, 0.1) is 0 Å². The third kappa shape index (κ3) is 5.26. The number of rotatable bonds is 5. The van der Waals surface area contributed by atoms with Gasteiger partial charge in [-0.25, -0.2) is 15.0 Å². The van der Waals surface area contributed by atoms with E-state index in [1.54, 1.807) is 0 Å². The summed E-state index contributed by atoms with van der Waals surface area (Å²) in [7, 11) is 0. The van der Waals surface area contributed by atoms with E-state index < -0.39 is 0 Å². The summed E-state index contributed by atoms with van der Waals surface area (Å²) in [4.78, 5) is 15.1. The fourth-order valence-corrected chi connectivity index (χ4v) is 9.69. The number of aromatic nitrogens is 3. The van der Waals surface area contributed by atoms with E-state index in [0.29, 0.717) is 17.5 Å². The van der Waals surface area contributed by atoms with Crippen molar-refractivity contribution >= 4 is 21.9 Å². The zero-order valence-corrected chi connectivity index (χ0v) is 32.6. The Hall–Kier alpha value is -7.43. The molecule has 0 N–H and O–H groups in total. The summed E-state index contributed by atoms with van der Waals surface area (Å²) in [5, 5.41) is 2.15. The van der Waals surface area contributed by atoms with Crippen molar-refractivity contribution in [3.8, 4) is 67.5 Å². The Labute approximate surface area is 342 Å². The Morgan fingerprint density at radius 1 is 0.390 bits per heavy atom. The Bertz CT molecular complexity index is 3310. The number of hydrogen-bond acceptors (Lipinski definition) is 4. The lowest BCUT2D eigenvalue weighted by molar-refractivity contribution is 0.659. The van der Waals surface area contributed by atoms with Gasteiger partial charge in [-0.05, 0) is 91.5 Å². The van der Waals surface area contributed by atoms with Gasteiger partial charge in [-0.15, -0.1) is 0 Å². The second-order valence-corrected chi connectivity index (χ2v) is 16.4. The van der Waals surface area contributed by atoms with Gasteiger partial charge >= 0.3 is 0 Å². The molecule has 8 aromatic carbocycles. The number of fused-ring (bicyclic) bond motifs is 9. The predicted molar refractivity (Wildman–Crippen MR) is 239 cm³/mol. The molecule has 0 fully saturated rings. The van der Waals surface area contributed by atoms with Crippen molar-refractivity contribution in [3.05, 3.63) is 210 Å². The van der Waals surface area contributed by atoms with E-state index in [9.17, 15) is 0 Å². The molecule has 2 aliphatic rings. The van der Waals surface area contributed by atoms with Crippen molar-refractivity contribution in [2.75, 3.05) is 0 Å². The molecule has 0 amide bonds.